The van der Waals surface area contributed by atoms with Crippen LogP contribution in [0.3, 0.4) is 0 Å². The molecule has 0 fully saturated rings. The predicted molar refractivity (Wildman–Crippen MR) is 74.0 cm³/mol. The van der Waals surface area contributed by atoms with Crippen LogP contribution in [0.25, 0.3) is 10.8 Å². The van der Waals surface area contributed by atoms with Gasteiger partial charge in [0.25, 0.3) is 0 Å². The number of pyridine rings is 1. The van der Waals surface area contributed by atoms with E-state index < -0.39 is 0 Å². The van der Waals surface area contributed by atoms with Crippen LogP contribution >= 0.6 is 12.2 Å². The molecule has 0 saturated carbocycles. The number of nitrogens with two attached hydrogens (primary N) is 1. The summed E-state index contributed by atoms with van der Waals surface area (Å²) >= 11 is 4.64. The summed E-state index contributed by atoms with van der Waals surface area (Å²) in [4.78, 5) is 4.20. The van der Waals surface area contributed by atoms with Gasteiger partial charge < -0.3 is 5.73 Å². The van der Waals surface area contributed by atoms with E-state index in [1.165, 1.54) is 6.21 Å². The van der Waals surface area contributed by atoms with E-state index in [4.69, 9.17) is 11.0 Å². The predicted octanol–water partition coefficient (Wildman–Crippen LogP) is 1.27. The molecule has 2 aromatic rings. The highest BCUT2D eigenvalue weighted by atomic mass is 32.1. The minimum absolute atomic E-state index is 0.0872. The number of hydrazone groups is 1. The van der Waals surface area contributed by atoms with Gasteiger partial charge in [0, 0.05) is 17.0 Å². The zero-order valence-electron chi connectivity index (χ0n) is 9.29. The SMILES string of the molecule is N#Cc1cccc2c(/C=N\NC(N)=S)nccc12. The maximum absolute atomic E-state index is 9.03. The van der Waals surface area contributed by atoms with E-state index in [0.29, 0.717) is 11.3 Å². The fourth-order valence-electron chi connectivity index (χ4n) is 1.59. The van der Waals surface area contributed by atoms with Crippen LogP contribution in [-0.4, -0.2) is 16.3 Å². The molecule has 3 N–H and O–H groups in total. The first-order valence-electron chi connectivity index (χ1n) is 5.08. The van der Waals surface area contributed by atoms with E-state index in [-0.39, 0.29) is 5.11 Å². The molecule has 6 heteroatoms. The molecule has 88 valence electrons. The van der Waals surface area contributed by atoms with Gasteiger partial charge in [0.15, 0.2) is 5.11 Å². The van der Waals surface area contributed by atoms with Crippen molar-refractivity contribution in [3.8, 4) is 6.07 Å². The van der Waals surface area contributed by atoms with E-state index >= 15 is 0 Å². The zero-order valence-corrected chi connectivity index (χ0v) is 10.1. The quantitative estimate of drug-likeness (QED) is 0.479. The molecule has 0 aliphatic carbocycles. The Morgan fingerprint density at radius 2 is 2.28 bits per heavy atom. The normalized spacial score (nSPS) is 10.4. The van der Waals surface area contributed by atoms with Crippen molar-refractivity contribution in [3.63, 3.8) is 0 Å². The van der Waals surface area contributed by atoms with Gasteiger partial charge in [0.2, 0.25) is 0 Å². The van der Waals surface area contributed by atoms with Crippen LogP contribution in [0.4, 0.5) is 0 Å². The molecule has 0 aliphatic heterocycles. The summed E-state index contributed by atoms with van der Waals surface area (Å²) in [5, 5.41) is 14.7. The number of hydrogen-bond donors (Lipinski definition) is 2. The lowest BCUT2D eigenvalue weighted by molar-refractivity contribution is 1.04. The zero-order chi connectivity index (χ0) is 13.0. The first kappa shape index (κ1) is 12.0. The molecule has 18 heavy (non-hydrogen) atoms. The molecule has 0 bridgehead atoms. The van der Waals surface area contributed by atoms with Crippen LogP contribution in [0.2, 0.25) is 0 Å². The molecule has 0 radical (unpaired) electrons. The Bertz CT molecular complexity index is 672. The molecule has 0 amide bonds. The van der Waals surface area contributed by atoms with E-state index in [1.807, 2.05) is 6.07 Å². The highest BCUT2D eigenvalue weighted by molar-refractivity contribution is 7.80. The average molecular weight is 255 g/mol. The summed E-state index contributed by atoms with van der Waals surface area (Å²) in [6.45, 7) is 0. The number of rotatable bonds is 2. The van der Waals surface area contributed by atoms with E-state index in [1.54, 1.807) is 24.4 Å². The second-order valence-electron chi connectivity index (χ2n) is 3.44. The summed E-state index contributed by atoms with van der Waals surface area (Å²) in [5.74, 6) is 0. The Morgan fingerprint density at radius 1 is 1.44 bits per heavy atom. The molecule has 0 atom stereocenters. The highest BCUT2D eigenvalue weighted by Crippen LogP contribution is 2.19. The molecule has 1 heterocycles. The van der Waals surface area contributed by atoms with Gasteiger partial charge in [-0.1, -0.05) is 12.1 Å². The minimum atomic E-state index is 0.0872. The number of aromatic nitrogens is 1. The van der Waals surface area contributed by atoms with Crippen LogP contribution in [0, 0.1) is 11.3 Å². The molecular weight excluding hydrogens is 246 g/mol. The second-order valence-corrected chi connectivity index (χ2v) is 3.88. The van der Waals surface area contributed by atoms with Crippen molar-refractivity contribution in [2.24, 2.45) is 10.8 Å². The minimum Gasteiger partial charge on any atom is -0.375 e. The second kappa shape index (κ2) is 5.21. The van der Waals surface area contributed by atoms with Crippen LogP contribution < -0.4 is 11.2 Å². The van der Waals surface area contributed by atoms with Gasteiger partial charge in [-0.15, -0.1) is 0 Å². The molecule has 1 aromatic carbocycles. The Labute approximate surface area is 109 Å². The highest BCUT2D eigenvalue weighted by Gasteiger charge is 2.03. The van der Waals surface area contributed by atoms with E-state index in [0.717, 1.165) is 10.8 Å². The van der Waals surface area contributed by atoms with Crippen molar-refractivity contribution in [3.05, 3.63) is 41.7 Å². The Kier molecular flexibility index (Phi) is 3.46. The first-order chi connectivity index (χ1) is 8.72. The number of nitrogens with zero attached hydrogens (tertiary/aromatic N) is 3. The van der Waals surface area contributed by atoms with Crippen molar-refractivity contribution < 1.29 is 0 Å². The third kappa shape index (κ3) is 2.42. The Hall–Kier alpha value is -2.52. The topological polar surface area (TPSA) is 87.1 Å². The van der Waals surface area contributed by atoms with Gasteiger partial charge in [-0.05, 0) is 24.4 Å². The standard InChI is InChI=1S/C12H9N5S/c13-6-8-2-1-3-10-9(8)4-5-15-11(10)7-16-17-12(14)18/h1-5,7H,(H3,14,17,18)/b16-7-. The summed E-state index contributed by atoms with van der Waals surface area (Å²) in [5.41, 5.74) is 8.97. The van der Waals surface area contributed by atoms with Gasteiger partial charge in [0.05, 0.1) is 23.5 Å². The smallest absolute Gasteiger partial charge is 0.184 e. The molecule has 1 aromatic heterocycles. The molecular formula is C12H9N5S. The largest absolute Gasteiger partial charge is 0.375 e. The fourth-order valence-corrected chi connectivity index (χ4v) is 1.64. The molecule has 2 rings (SSSR count). The lowest BCUT2D eigenvalue weighted by Gasteiger charge is -2.02. The van der Waals surface area contributed by atoms with Crippen molar-refractivity contribution in [2.45, 2.75) is 0 Å². The lowest BCUT2D eigenvalue weighted by Crippen LogP contribution is -2.24. The van der Waals surface area contributed by atoms with Crippen LogP contribution in [0.15, 0.2) is 35.6 Å². The first-order valence-corrected chi connectivity index (χ1v) is 5.49. The van der Waals surface area contributed by atoms with Crippen LogP contribution in [-0.2, 0) is 0 Å². The van der Waals surface area contributed by atoms with Gasteiger partial charge in [0.1, 0.15) is 0 Å². The monoisotopic (exact) mass is 255 g/mol. The molecule has 0 spiro atoms. The maximum Gasteiger partial charge on any atom is 0.184 e. The van der Waals surface area contributed by atoms with E-state index in [9.17, 15) is 0 Å². The number of thiocarbonyl (C=S) groups is 1. The van der Waals surface area contributed by atoms with Crippen molar-refractivity contribution >= 4 is 34.3 Å². The maximum atomic E-state index is 9.03. The Balaban J connectivity index is 2.50. The average Bonchev–Trinajstić information content (AvgIpc) is 2.38. The third-order valence-electron chi connectivity index (χ3n) is 2.32. The van der Waals surface area contributed by atoms with Gasteiger partial charge >= 0.3 is 0 Å². The lowest BCUT2D eigenvalue weighted by atomic mass is 10.1. The molecule has 5 nitrogen and oxygen atoms in total. The number of nitrogens with one attached hydrogen (secondary N) is 1. The molecule has 0 unspecified atom stereocenters. The van der Waals surface area contributed by atoms with Gasteiger partial charge in [-0.2, -0.15) is 10.4 Å². The molecule has 0 aliphatic rings. The van der Waals surface area contributed by atoms with Crippen molar-refractivity contribution in [2.75, 3.05) is 0 Å². The number of nitriles is 1. The summed E-state index contributed by atoms with van der Waals surface area (Å²) in [7, 11) is 0. The number of fused-ring (bicyclic) bond motifs is 1. The fraction of sp³-hybridized carbons (Fsp3) is 0. The summed E-state index contributed by atoms with van der Waals surface area (Å²) in [6, 6.07) is 9.39. The summed E-state index contributed by atoms with van der Waals surface area (Å²) in [6.07, 6.45) is 3.15. The van der Waals surface area contributed by atoms with Crippen LogP contribution in [0.1, 0.15) is 11.3 Å². The van der Waals surface area contributed by atoms with Gasteiger partial charge in [-0.3, -0.25) is 10.4 Å². The van der Waals surface area contributed by atoms with Gasteiger partial charge in [-0.25, -0.2) is 0 Å². The summed E-state index contributed by atoms with van der Waals surface area (Å²) < 4.78 is 0. The number of benzene rings is 1. The molecule has 0 saturated heterocycles. The van der Waals surface area contributed by atoms with Crippen LogP contribution in [0.5, 0.6) is 0 Å². The van der Waals surface area contributed by atoms with E-state index in [2.05, 4.69) is 33.8 Å². The van der Waals surface area contributed by atoms with Crippen molar-refractivity contribution in [1.29, 1.82) is 5.26 Å². The number of hydrogen-bond acceptors (Lipinski definition) is 4. The Morgan fingerprint density at radius 3 is 3.00 bits per heavy atom. The third-order valence-corrected chi connectivity index (χ3v) is 2.41. The van der Waals surface area contributed by atoms with Crippen molar-refractivity contribution in [1.82, 2.24) is 10.4 Å².